The van der Waals surface area contributed by atoms with Crippen molar-refractivity contribution in [1.29, 1.82) is 0 Å². The first kappa shape index (κ1) is 31.2. The van der Waals surface area contributed by atoms with Gasteiger partial charge in [0.2, 0.25) is 0 Å². The number of aliphatic hydroxyl groups excluding tert-OH is 1. The molecule has 5 atom stereocenters. The Morgan fingerprint density at radius 1 is 1.03 bits per heavy atom. The Balaban J connectivity index is 2.17. The molecule has 1 saturated heterocycles. The highest BCUT2D eigenvalue weighted by Gasteiger charge is 2.52. The average molecular weight is 551 g/mol. The van der Waals surface area contributed by atoms with Crippen LogP contribution in [0, 0.1) is 0 Å². The van der Waals surface area contributed by atoms with Crippen molar-refractivity contribution in [2.24, 2.45) is 0 Å². The van der Waals surface area contributed by atoms with Gasteiger partial charge in [-0.3, -0.25) is 0 Å². The van der Waals surface area contributed by atoms with Gasteiger partial charge in [0.25, 0.3) is 8.32 Å². The summed E-state index contributed by atoms with van der Waals surface area (Å²) >= 11 is 0. The van der Waals surface area contributed by atoms with Gasteiger partial charge in [0.15, 0.2) is 6.29 Å². The number of methoxy groups -OCH3 is 2. The van der Waals surface area contributed by atoms with Crippen molar-refractivity contribution in [2.75, 3.05) is 14.2 Å². The van der Waals surface area contributed by atoms with Crippen molar-refractivity contribution in [3.63, 3.8) is 0 Å². The molecule has 1 N–H and O–H groups in total. The lowest BCUT2D eigenvalue weighted by Gasteiger charge is -2.47. The topological polar surface area (TPSA) is 57.2 Å². The zero-order chi connectivity index (χ0) is 28.5. The molecule has 0 saturated carbocycles. The van der Waals surface area contributed by atoms with Crippen LogP contribution >= 0.6 is 0 Å². The Bertz CT molecular complexity index is 1020. The fraction of sp³-hybridized carbons (Fsp3) is 0.455. The summed E-state index contributed by atoms with van der Waals surface area (Å²) in [6.07, 6.45) is 7.83. The highest BCUT2D eigenvalue weighted by Crippen LogP contribution is 2.39. The Labute approximate surface area is 236 Å². The summed E-state index contributed by atoms with van der Waals surface area (Å²) in [5, 5.41) is 12.5. The molecule has 0 aliphatic carbocycles. The van der Waals surface area contributed by atoms with Crippen LogP contribution in [0.1, 0.15) is 47.0 Å². The number of allylic oxidation sites excluding steroid dienone is 2. The van der Waals surface area contributed by atoms with Crippen LogP contribution in [0.25, 0.3) is 0 Å². The first-order valence-corrected chi connectivity index (χ1v) is 15.7. The van der Waals surface area contributed by atoms with Crippen LogP contribution in [0.15, 0.2) is 97.1 Å². The molecule has 1 aliphatic heterocycles. The van der Waals surface area contributed by atoms with E-state index in [9.17, 15) is 5.11 Å². The second-order valence-corrected chi connectivity index (χ2v) is 15.5. The van der Waals surface area contributed by atoms with E-state index < -0.39 is 14.4 Å². The minimum absolute atomic E-state index is 0.00221. The van der Waals surface area contributed by atoms with Crippen LogP contribution in [0.3, 0.4) is 0 Å². The minimum Gasteiger partial charge on any atom is -0.398 e. The first-order valence-electron chi connectivity index (χ1n) is 13.8. The third-order valence-electron chi connectivity index (χ3n) is 7.39. The molecule has 0 amide bonds. The molecule has 212 valence electrons. The second kappa shape index (κ2) is 14.4. The molecule has 2 aromatic rings. The molecular weight excluding hydrogens is 504 g/mol. The lowest BCUT2D eigenvalue weighted by molar-refractivity contribution is -0.220. The zero-order valence-corrected chi connectivity index (χ0v) is 25.4. The normalized spacial score (nSPS) is 22.5. The van der Waals surface area contributed by atoms with Crippen molar-refractivity contribution < 1.29 is 23.7 Å². The van der Waals surface area contributed by atoms with Crippen LogP contribution in [-0.2, 0) is 18.6 Å². The molecule has 1 fully saturated rings. The molecule has 1 aliphatic rings. The number of hydrogen-bond donors (Lipinski definition) is 1. The highest BCUT2D eigenvalue weighted by atomic mass is 28.4. The number of aliphatic hydroxyl groups is 1. The molecule has 5 nitrogen and oxygen atoms in total. The maximum absolute atomic E-state index is 10.2. The molecule has 2 aromatic carbocycles. The summed E-state index contributed by atoms with van der Waals surface area (Å²) in [4.78, 5) is 0. The predicted molar refractivity (Wildman–Crippen MR) is 162 cm³/mol. The highest BCUT2D eigenvalue weighted by molar-refractivity contribution is 6.99. The number of hydrogen-bond acceptors (Lipinski definition) is 5. The molecule has 0 aromatic heterocycles. The summed E-state index contributed by atoms with van der Waals surface area (Å²) in [5.41, 5.74) is 0.984. The van der Waals surface area contributed by atoms with E-state index in [4.69, 9.17) is 18.6 Å². The van der Waals surface area contributed by atoms with E-state index in [0.29, 0.717) is 19.3 Å². The molecule has 3 rings (SSSR count). The van der Waals surface area contributed by atoms with E-state index >= 15 is 0 Å². The zero-order valence-electron chi connectivity index (χ0n) is 24.4. The molecule has 6 heteroatoms. The third-order valence-corrected chi connectivity index (χ3v) is 12.4. The SMILES string of the molecule is C=CC[C@@H](O)/C=C/C(C)=C/[C@@H](O[Si](c1ccccc1)(c1ccccc1)C(C)(C)C)[C@H]1C[C@@H](OC)C[C@H](OC)O1. The Morgan fingerprint density at radius 3 is 2.10 bits per heavy atom. The average Bonchev–Trinajstić information content (AvgIpc) is 2.94. The van der Waals surface area contributed by atoms with Gasteiger partial charge in [0.05, 0.1) is 24.4 Å². The van der Waals surface area contributed by atoms with Gasteiger partial charge in [-0.2, -0.15) is 0 Å². The van der Waals surface area contributed by atoms with Gasteiger partial charge in [-0.25, -0.2) is 0 Å². The molecule has 0 radical (unpaired) electrons. The van der Waals surface area contributed by atoms with Crippen molar-refractivity contribution in [1.82, 2.24) is 0 Å². The Hall–Kier alpha value is -2.32. The maximum Gasteiger partial charge on any atom is 0.262 e. The van der Waals surface area contributed by atoms with Gasteiger partial charge in [0, 0.05) is 27.1 Å². The van der Waals surface area contributed by atoms with E-state index in [1.54, 1.807) is 26.4 Å². The van der Waals surface area contributed by atoms with Crippen molar-refractivity contribution in [3.05, 3.63) is 97.1 Å². The summed E-state index contributed by atoms with van der Waals surface area (Å²) in [5.74, 6) is 0. The summed E-state index contributed by atoms with van der Waals surface area (Å²) < 4.78 is 25.5. The number of rotatable bonds is 12. The lowest BCUT2D eigenvalue weighted by atomic mass is 9.99. The van der Waals surface area contributed by atoms with Gasteiger partial charge < -0.3 is 23.7 Å². The van der Waals surface area contributed by atoms with E-state index in [2.05, 4.69) is 82.0 Å². The van der Waals surface area contributed by atoms with Gasteiger partial charge in [-0.05, 0) is 28.8 Å². The quantitative estimate of drug-likeness (QED) is 0.214. The van der Waals surface area contributed by atoms with Crippen molar-refractivity contribution in [2.45, 2.75) is 82.7 Å². The van der Waals surface area contributed by atoms with Crippen molar-refractivity contribution >= 4 is 18.7 Å². The summed E-state index contributed by atoms with van der Waals surface area (Å²) in [6.45, 7) is 12.6. The van der Waals surface area contributed by atoms with E-state index in [-0.39, 0.29) is 29.6 Å². The van der Waals surface area contributed by atoms with Crippen LogP contribution < -0.4 is 10.4 Å². The van der Waals surface area contributed by atoms with Gasteiger partial charge in [-0.15, -0.1) is 6.58 Å². The van der Waals surface area contributed by atoms with E-state index in [1.807, 2.05) is 25.1 Å². The minimum atomic E-state index is -2.88. The number of ether oxygens (including phenoxy) is 3. The van der Waals surface area contributed by atoms with Gasteiger partial charge >= 0.3 is 0 Å². The van der Waals surface area contributed by atoms with Crippen LogP contribution in [-0.4, -0.2) is 58.3 Å². The Morgan fingerprint density at radius 2 is 1.62 bits per heavy atom. The molecule has 0 unspecified atom stereocenters. The third kappa shape index (κ3) is 7.88. The van der Waals surface area contributed by atoms with E-state index in [1.165, 1.54) is 10.4 Å². The van der Waals surface area contributed by atoms with E-state index in [0.717, 1.165) is 5.57 Å². The van der Waals surface area contributed by atoms with Crippen LogP contribution in [0.5, 0.6) is 0 Å². The summed E-state index contributed by atoms with van der Waals surface area (Å²) in [6, 6.07) is 21.2. The van der Waals surface area contributed by atoms with Gasteiger partial charge in [0.1, 0.15) is 0 Å². The largest absolute Gasteiger partial charge is 0.398 e. The number of benzene rings is 2. The standard InChI is InChI=1S/C33H46O5Si/c1-8-15-26(34)21-20-25(2)22-31(30-23-27(35-6)24-32(36-7)37-30)38-39(33(3,4)5,28-16-11-9-12-17-28)29-18-13-10-14-19-29/h8-14,16-22,26-27,30-32,34H,1,15,23-24H2,2-7H3/b21-20+,25-22+/t26-,27-,30-,31-,32-/m1/s1. The maximum atomic E-state index is 10.2. The molecular formula is C33H46O5Si. The lowest BCUT2D eigenvalue weighted by Crippen LogP contribution is -2.68. The smallest absolute Gasteiger partial charge is 0.262 e. The first-order chi connectivity index (χ1) is 18.6. The van der Waals surface area contributed by atoms with Crippen LogP contribution in [0.2, 0.25) is 5.04 Å². The van der Waals surface area contributed by atoms with Crippen molar-refractivity contribution in [3.8, 4) is 0 Å². The molecule has 0 spiro atoms. The second-order valence-electron chi connectivity index (χ2n) is 11.3. The molecule has 1 heterocycles. The molecule has 39 heavy (non-hydrogen) atoms. The monoisotopic (exact) mass is 550 g/mol. The molecule has 0 bridgehead atoms. The fourth-order valence-corrected chi connectivity index (χ4v) is 10.0. The summed E-state index contributed by atoms with van der Waals surface area (Å²) in [7, 11) is 0.530. The van der Waals surface area contributed by atoms with Crippen LogP contribution in [0.4, 0.5) is 0 Å². The van der Waals surface area contributed by atoms with Gasteiger partial charge in [-0.1, -0.05) is 111 Å². The predicted octanol–water partition coefficient (Wildman–Crippen LogP) is 5.54. The Kier molecular flexibility index (Phi) is 11.5. The fourth-order valence-electron chi connectivity index (χ4n) is 5.37.